The largest absolute Gasteiger partial charge is 0.357 e. The molecule has 23 heavy (non-hydrogen) atoms. The van der Waals surface area contributed by atoms with Crippen LogP contribution >= 0.6 is 0 Å². The SMILES string of the molecule is C=C(Nc1ccc(C#N)nc1)C1(c2ccc3c(c2)CCC3)CC1. The van der Waals surface area contributed by atoms with Crippen LogP contribution < -0.4 is 5.32 Å². The number of anilines is 1. The van der Waals surface area contributed by atoms with Crippen molar-refractivity contribution in [1.82, 2.24) is 4.98 Å². The van der Waals surface area contributed by atoms with Gasteiger partial charge in [0.2, 0.25) is 0 Å². The van der Waals surface area contributed by atoms with E-state index in [1.807, 2.05) is 12.1 Å². The predicted molar refractivity (Wildman–Crippen MR) is 91.1 cm³/mol. The molecule has 2 aliphatic carbocycles. The van der Waals surface area contributed by atoms with Gasteiger partial charge in [-0.05, 0) is 60.9 Å². The number of hydrogen-bond donors (Lipinski definition) is 1. The Bertz CT molecular complexity index is 808. The highest BCUT2D eigenvalue weighted by Gasteiger charge is 2.47. The van der Waals surface area contributed by atoms with Crippen LogP contribution in [0.5, 0.6) is 0 Å². The quantitative estimate of drug-likeness (QED) is 0.925. The lowest BCUT2D eigenvalue weighted by Gasteiger charge is -2.21. The molecular weight excluding hydrogens is 282 g/mol. The fourth-order valence-electron chi connectivity index (χ4n) is 3.59. The zero-order valence-electron chi connectivity index (χ0n) is 13.1. The lowest BCUT2D eigenvalue weighted by Crippen LogP contribution is -2.16. The topological polar surface area (TPSA) is 48.7 Å². The number of aromatic nitrogens is 1. The Morgan fingerprint density at radius 1 is 1.17 bits per heavy atom. The second kappa shape index (κ2) is 5.24. The molecule has 0 amide bonds. The Hall–Kier alpha value is -2.60. The van der Waals surface area contributed by atoms with Gasteiger partial charge in [-0.15, -0.1) is 0 Å². The van der Waals surface area contributed by atoms with Gasteiger partial charge in [0.25, 0.3) is 0 Å². The number of nitrogens with zero attached hydrogens (tertiary/aromatic N) is 2. The van der Waals surface area contributed by atoms with Crippen LogP contribution in [0, 0.1) is 11.3 Å². The molecule has 2 aromatic rings. The van der Waals surface area contributed by atoms with Gasteiger partial charge in [-0.3, -0.25) is 0 Å². The van der Waals surface area contributed by atoms with Crippen molar-refractivity contribution >= 4 is 5.69 Å². The second-order valence-electron chi connectivity index (χ2n) is 6.57. The number of nitriles is 1. The first kappa shape index (κ1) is 14.0. The summed E-state index contributed by atoms with van der Waals surface area (Å²) in [6.07, 6.45) is 7.68. The van der Waals surface area contributed by atoms with Crippen LogP contribution in [-0.2, 0) is 18.3 Å². The molecule has 1 aromatic heterocycles. The molecule has 3 heteroatoms. The molecule has 1 saturated carbocycles. The van der Waals surface area contributed by atoms with Gasteiger partial charge in [0.05, 0.1) is 11.9 Å². The highest BCUT2D eigenvalue weighted by Crippen LogP contribution is 2.53. The van der Waals surface area contributed by atoms with Crippen LogP contribution in [0.25, 0.3) is 0 Å². The number of aryl methyl sites for hydroxylation is 2. The van der Waals surface area contributed by atoms with E-state index in [1.165, 1.54) is 36.0 Å². The standard InChI is InChI=1S/C20H19N3/c1-14(23-19-8-7-18(12-21)22-13-19)20(9-10-20)17-6-5-15-3-2-4-16(15)11-17/h5-8,11,13,23H,1-4,9-10H2. The first-order valence-electron chi connectivity index (χ1n) is 8.16. The summed E-state index contributed by atoms with van der Waals surface area (Å²) in [6.45, 7) is 4.29. The molecule has 0 saturated heterocycles. The Labute approximate surface area is 136 Å². The second-order valence-corrected chi connectivity index (χ2v) is 6.57. The molecule has 2 aliphatic rings. The molecule has 0 unspecified atom stereocenters. The van der Waals surface area contributed by atoms with E-state index in [2.05, 4.69) is 35.1 Å². The lowest BCUT2D eigenvalue weighted by molar-refractivity contribution is 0.826. The van der Waals surface area contributed by atoms with E-state index < -0.39 is 0 Å². The Balaban J connectivity index is 1.56. The van der Waals surface area contributed by atoms with E-state index in [9.17, 15) is 0 Å². The number of nitrogens with one attached hydrogen (secondary N) is 1. The summed E-state index contributed by atoms with van der Waals surface area (Å²) < 4.78 is 0. The summed E-state index contributed by atoms with van der Waals surface area (Å²) in [6, 6.07) is 12.6. The number of pyridine rings is 1. The normalized spacial score (nSPS) is 17.2. The van der Waals surface area contributed by atoms with E-state index in [4.69, 9.17) is 5.26 Å². The van der Waals surface area contributed by atoms with E-state index in [1.54, 1.807) is 12.3 Å². The third-order valence-corrected chi connectivity index (χ3v) is 5.15. The molecule has 3 nitrogen and oxygen atoms in total. The summed E-state index contributed by atoms with van der Waals surface area (Å²) in [7, 11) is 0. The summed E-state index contributed by atoms with van der Waals surface area (Å²) in [5.74, 6) is 0. The monoisotopic (exact) mass is 301 g/mol. The number of rotatable bonds is 4. The number of allylic oxidation sites excluding steroid dienone is 1. The third-order valence-electron chi connectivity index (χ3n) is 5.15. The highest BCUT2D eigenvalue weighted by atomic mass is 14.9. The molecule has 0 spiro atoms. The molecule has 0 radical (unpaired) electrons. The van der Waals surface area contributed by atoms with Crippen molar-refractivity contribution in [3.63, 3.8) is 0 Å². The van der Waals surface area contributed by atoms with Crippen molar-refractivity contribution in [2.75, 3.05) is 5.32 Å². The average Bonchev–Trinajstić information content (AvgIpc) is 3.27. The maximum Gasteiger partial charge on any atom is 0.140 e. The van der Waals surface area contributed by atoms with Gasteiger partial charge in [-0.2, -0.15) is 5.26 Å². The molecule has 4 rings (SSSR count). The van der Waals surface area contributed by atoms with Gasteiger partial charge in [0.15, 0.2) is 0 Å². The van der Waals surface area contributed by atoms with E-state index in [0.29, 0.717) is 5.69 Å². The maximum absolute atomic E-state index is 8.82. The molecule has 1 fully saturated rings. The Kier molecular flexibility index (Phi) is 3.20. The van der Waals surface area contributed by atoms with Crippen molar-refractivity contribution in [2.45, 2.75) is 37.5 Å². The average molecular weight is 301 g/mol. The number of hydrogen-bond acceptors (Lipinski definition) is 3. The molecule has 0 aliphatic heterocycles. The minimum absolute atomic E-state index is 0.0610. The zero-order valence-corrected chi connectivity index (χ0v) is 13.1. The van der Waals surface area contributed by atoms with Gasteiger partial charge >= 0.3 is 0 Å². The highest BCUT2D eigenvalue weighted by molar-refractivity contribution is 5.55. The van der Waals surface area contributed by atoms with E-state index in [0.717, 1.165) is 24.2 Å². The van der Waals surface area contributed by atoms with Crippen molar-refractivity contribution < 1.29 is 0 Å². The van der Waals surface area contributed by atoms with Crippen molar-refractivity contribution in [3.8, 4) is 6.07 Å². The summed E-state index contributed by atoms with van der Waals surface area (Å²) >= 11 is 0. The summed E-state index contributed by atoms with van der Waals surface area (Å²) in [5.41, 5.74) is 6.83. The van der Waals surface area contributed by atoms with Crippen molar-refractivity contribution in [1.29, 1.82) is 5.26 Å². The Morgan fingerprint density at radius 2 is 2.00 bits per heavy atom. The van der Waals surface area contributed by atoms with Crippen LogP contribution in [0.2, 0.25) is 0 Å². The van der Waals surface area contributed by atoms with Crippen LogP contribution in [0.3, 0.4) is 0 Å². The molecule has 1 heterocycles. The van der Waals surface area contributed by atoms with Crippen LogP contribution in [0.15, 0.2) is 48.8 Å². The van der Waals surface area contributed by atoms with Gasteiger partial charge in [-0.25, -0.2) is 4.98 Å². The van der Waals surface area contributed by atoms with Gasteiger partial charge in [-0.1, -0.05) is 24.8 Å². The van der Waals surface area contributed by atoms with E-state index in [-0.39, 0.29) is 5.41 Å². The lowest BCUT2D eigenvalue weighted by atomic mass is 9.90. The van der Waals surface area contributed by atoms with Crippen LogP contribution in [0.4, 0.5) is 5.69 Å². The van der Waals surface area contributed by atoms with Crippen LogP contribution in [0.1, 0.15) is 41.6 Å². The molecule has 0 atom stereocenters. The Morgan fingerprint density at radius 3 is 2.70 bits per heavy atom. The molecule has 114 valence electrons. The smallest absolute Gasteiger partial charge is 0.140 e. The first-order chi connectivity index (χ1) is 11.2. The third kappa shape index (κ3) is 2.41. The van der Waals surface area contributed by atoms with Gasteiger partial charge < -0.3 is 5.32 Å². The molecule has 1 aromatic carbocycles. The van der Waals surface area contributed by atoms with Crippen molar-refractivity contribution in [3.05, 3.63) is 71.2 Å². The maximum atomic E-state index is 8.82. The predicted octanol–water partition coefficient (Wildman–Crippen LogP) is 4.10. The molecule has 1 N–H and O–H groups in total. The summed E-state index contributed by atoms with van der Waals surface area (Å²) in [4.78, 5) is 4.11. The summed E-state index contributed by atoms with van der Waals surface area (Å²) in [5, 5.41) is 12.2. The van der Waals surface area contributed by atoms with Crippen molar-refractivity contribution in [2.24, 2.45) is 0 Å². The molecular formula is C20H19N3. The first-order valence-corrected chi connectivity index (χ1v) is 8.16. The van der Waals surface area contributed by atoms with Gasteiger partial charge in [0, 0.05) is 11.1 Å². The minimum atomic E-state index is 0.0610. The van der Waals surface area contributed by atoms with Crippen LogP contribution in [-0.4, -0.2) is 4.98 Å². The number of benzene rings is 1. The fraction of sp³-hybridized carbons (Fsp3) is 0.300. The fourth-order valence-corrected chi connectivity index (χ4v) is 3.59. The molecule has 0 bridgehead atoms. The van der Waals surface area contributed by atoms with Gasteiger partial charge in [0.1, 0.15) is 11.8 Å². The zero-order chi connectivity index (χ0) is 15.9. The minimum Gasteiger partial charge on any atom is -0.357 e. The van der Waals surface area contributed by atoms with E-state index >= 15 is 0 Å². The number of fused-ring (bicyclic) bond motifs is 1.